The Bertz CT molecular complexity index is 655. The summed E-state index contributed by atoms with van der Waals surface area (Å²) in [6, 6.07) is 7.77. The van der Waals surface area contributed by atoms with Gasteiger partial charge >= 0.3 is 0 Å². The van der Waals surface area contributed by atoms with Gasteiger partial charge in [0, 0.05) is 12.8 Å². The van der Waals surface area contributed by atoms with Crippen LogP contribution in [0, 0.1) is 0 Å². The third-order valence-electron chi connectivity index (χ3n) is 3.04. The number of allylic oxidation sites excluding steroid dienone is 1. The molecule has 0 aliphatic carbocycles. The maximum absolute atomic E-state index is 12.5. The van der Waals surface area contributed by atoms with E-state index in [0.29, 0.717) is 13.3 Å². The van der Waals surface area contributed by atoms with Crippen molar-refractivity contribution in [3.05, 3.63) is 53.0 Å². The number of aromatic nitrogens is 1. The Morgan fingerprint density at radius 2 is 2.16 bits per heavy atom. The first-order valence-electron chi connectivity index (χ1n) is 6.51. The van der Waals surface area contributed by atoms with Crippen molar-refractivity contribution < 1.29 is 4.74 Å². The van der Waals surface area contributed by atoms with Crippen LogP contribution in [-0.4, -0.2) is 11.2 Å². The lowest BCUT2D eigenvalue weighted by atomic mass is 10.0. The number of rotatable bonds is 5. The fourth-order valence-electron chi connectivity index (χ4n) is 2.09. The van der Waals surface area contributed by atoms with Crippen LogP contribution in [0.1, 0.15) is 25.8 Å². The predicted octanol–water partition coefficient (Wildman–Crippen LogP) is 3.42. The summed E-state index contributed by atoms with van der Waals surface area (Å²) in [6.07, 6.45) is 2.72. The number of hydrogen-bond acceptors (Lipinski definition) is 2. The number of ether oxygens (including phenoxy) is 1. The molecule has 0 aliphatic rings. The summed E-state index contributed by atoms with van der Waals surface area (Å²) in [5.41, 5.74) is 1.79. The van der Waals surface area contributed by atoms with Gasteiger partial charge in [0.15, 0.2) is 0 Å². The molecule has 0 unspecified atom stereocenters. The minimum absolute atomic E-state index is 0.0211. The monoisotopic (exact) mass is 257 g/mol. The Kier molecular flexibility index (Phi) is 4.17. The molecular weight excluding hydrogens is 238 g/mol. The van der Waals surface area contributed by atoms with Crippen LogP contribution in [-0.2, 0) is 11.5 Å². The molecule has 0 radical (unpaired) electrons. The van der Waals surface area contributed by atoms with E-state index < -0.39 is 0 Å². The SMILES string of the molecule is C=C(C)c1cccc2ccn(COCCC)c(=O)c12. The molecule has 0 atom stereocenters. The van der Waals surface area contributed by atoms with Gasteiger partial charge in [-0.3, -0.25) is 9.36 Å². The van der Waals surface area contributed by atoms with Gasteiger partial charge in [0.25, 0.3) is 5.56 Å². The van der Waals surface area contributed by atoms with Crippen LogP contribution in [0.15, 0.2) is 41.8 Å². The van der Waals surface area contributed by atoms with Gasteiger partial charge in [-0.2, -0.15) is 0 Å². The average Bonchev–Trinajstić information content (AvgIpc) is 2.41. The summed E-state index contributed by atoms with van der Waals surface area (Å²) in [4.78, 5) is 12.5. The van der Waals surface area contributed by atoms with Crippen LogP contribution in [0.3, 0.4) is 0 Å². The highest BCUT2D eigenvalue weighted by Crippen LogP contribution is 2.20. The largest absolute Gasteiger partial charge is 0.361 e. The summed E-state index contributed by atoms with van der Waals surface area (Å²) in [7, 11) is 0. The van der Waals surface area contributed by atoms with Crippen LogP contribution in [0.25, 0.3) is 16.3 Å². The van der Waals surface area contributed by atoms with Gasteiger partial charge in [-0.1, -0.05) is 37.3 Å². The van der Waals surface area contributed by atoms with Crippen LogP contribution in [0.5, 0.6) is 0 Å². The molecule has 3 heteroatoms. The fraction of sp³-hybridized carbons (Fsp3) is 0.312. The lowest BCUT2D eigenvalue weighted by Crippen LogP contribution is -2.21. The summed E-state index contributed by atoms with van der Waals surface area (Å²) >= 11 is 0. The number of nitrogens with zero attached hydrogens (tertiary/aromatic N) is 1. The summed E-state index contributed by atoms with van der Waals surface area (Å²) < 4.78 is 7.04. The standard InChI is InChI=1S/C16H19NO2/c1-4-10-19-11-17-9-8-13-6-5-7-14(12(2)3)15(13)16(17)18/h5-9H,2,4,10-11H2,1,3H3. The molecule has 0 aliphatic heterocycles. The van der Waals surface area contributed by atoms with Crippen LogP contribution < -0.4 is 5.56 Å². The number of hydrogen-bond donors (Lipinski definition) is 0. The highest BCUT2D eigenvalue weighted by atomic mass is 16.5. The first kappa shape index (κ1) is 13.6. The smallest absolute Gasteiger partial charge is 0.260 e. The maximum atomic E-state index is 12.5. The quantitative estimate of drug-likeness (QED) is 0.768. The molecule has 0 bridgehead atoms. The Morgan fingerprint density at radius 3 is 2.84 bits per heavy atom. The molecule has 0 N–H and O–H groups in total. The van der Waals surface area contributed by atoms with E-state index in [2.05, 4.69) is 6.58 Å². The summed E-state index contributed by atoms with van der Waals surface area (Å²) in [5, 5.41) is 1.66. The van der Waals surface area contributed by atoms with E-state index in [1.165, 1.54) is 0 Å². The van der Waals surface area contributed by atoms with Crippen molar-refractivity contribution in [3.63, 3.8) is 0 Å². The van der Waals surface area contributed by atoms with Crippen molar-refractivity contribution in [3.8, 4) is 0 Å². The second-order valence-electron chi connectivity index (χ2n) is 4.68. The summed E-state index contributed by atoms with van der Waals surface area (Å²) in [5.74, 6) is 0. The van der Waals surface area contributed by atoms with Gasteiger partial charge in [0.1, 0.15) is 6.73 Å². The zero-order valence-corrected chi connectivity index (χ0v) is 11.5. The first-order chi connectivity index (χ1) is 9.15. The molecular formula is C16H19NO2. The summed E-state index contributed by atoms with van der Waals surface area (Å²) in [6.45, 7) is 8.86. The molecule has 0 saturated heterocycles. The van der Waals surface area contributed by atoms with Crippen molar-refractivity contribution in [1.82, 2.24) is 4.57 Å². The molecule has 2 aromatic rings. The molecule has 1 aromatic carbocycles. The predicted molar refractivity (Wildman–Crippen MR) is 79.2 cm³/mol. The van der Waals surface area contributed by atoms with Gasteiger partial charge in [0.05, 0.1) is 5.39 Å². The number of benzene rings is 1. The van der Waals surface area contributed by atoms with Crippen molar-refractivity contribution >= 4 is 16.3 Å². The van der Waals surface area contributed by atoms with Crippen molar-refractivity contribution in [2.75, 3.05) is 6.61 Å². The molecule has 3 nitrogen and oxygen atoms in total. The third-order valence-corrected chi connectivity index (χ3v) is 3.04. The Balaban J connectivity index is 2.53. The van der Waals surface area contributed by atoms with E-state index in [1.807, 2.05) is 38.1 Å². The van der Waals surface area contributed by atoms with Crippen LogP contribution in [0.4, 0.5) is 0 Å². The van der Waals surface area contributed by atoms with E-state index in [0.717, 1.165) is 28.3 Å². The van der Waals surface area contributed by atoms with Crippen molar-refractivity contribution in [2.45, 2.75) is 27.0 Å². The lowest BCUT2D eigenvalue weighted by Gasteiger charge is -2.10. The van der Waals surface area contributed by atoms with Gasteiger partial charge < -0.3 is 4.74 Å². The third kappa shape index (κ3) is 2.76. The van der Waals surface area contributed by atoms with Gasteiger partial charge in [-0.15, -0.1) is 0 Å². The highest BCUT2D eigenvalue weighted by molar-refractivity contribution is 5.92. The molecule has 19 heavy (non-hydrogen) atoms. The Hall–Kier alpha value is -1.87. The molecule has 0 spiro atoms. The Morgan fingerprint density at radius 1 is 1.37 bits per heavy atom. The highest BCUT2D eigenvalue weighted by Gasteiger charge is 2.08. The van der Waals surface area contributed by atoms with E-state index in [4.69, 9.17) is 4.74 Å². The first-order valence-corrected chi connectivity index (χ1v) is 6.51. The molecule has 0 fully saturated rings. The van der Waals surface area contributed by atoms with E-state index in [9.17, 15) is 4.79 Å². The van der Waals surface area contributed by atoms with Gasteiger partial charge in [-0.05, 0) is 30.4 Å². The minimum Gasteiger partial charge on any atom is -0.361 e. The number of pyridine rings is 1. The van der Waals surface area contributed by atoms with E-state index in [-0.39, 0.29) is 5.56 Å². The van der Waals surface area contributed by atoms with Crippen LogP contribution in [0.2, 0.25) is 0 Å². The molecule has 0 saturated carbocycles. The lowest BCUT2D eigenvalue weighted by molar-refractivity contribution is 0.0755. The minimum atomic E-state index is -0.0211. The van der Waals surface area contributed by atoms with Gasteiger partial charge in [-0.25, -0.2) is 0 Å². The zero-order chi connectivity index (χ0) is 13.8. The normalized spacial score (nSPS) is 10.8. The average molecular weight is 257 g/mol. The van der Waals surface area contributed by atoms with Crippen molar-refractivity contribution in [2.24, 2.45) is 0 Å². The maximum Gasteiger partial charge on any atom is 0.260 e. The molecule has 100 valence electrons. The molecule has 1 heterocycles. The second-order valence-corrected chi connectivity index (χ2v) is 4.68. The zero-order valence-electron chi connectivity index (χ0n) is 11.5. The van der Waals surface area contributed by atoms with E-state index in [1.54, 1.807) is 10.8 Å². The Labute approximate surface area is 113 Å². The van der Waals surface area contributed by atoms with Crippen LogP contribution >= 0.6 is 0 Å². The molecule has 0 amide bonds. The number of fused-ring (bicyclic) bond motifs is 1. The molecule has 1 aromatic heterocycles. The molecule has 2 rings (SSSR count). The van der Waals surface area contributed by atoms with Gasteiger partial charge in [0.2, 0.25) is 0 Å². The fourth-order valence-corrected chi connectivity index (χ4v) is 2.09. The second kappa shape index (κ2) is 5.85. The topological polar surface area (TPSA) is 31.2 Å². The van der Waals surface area contributed by atoms with E-state index >= 15 is 0 Å². The van der Waals surface area contributed by atoms with Crippen molar-refractivity contribution in [1.29, 1.82) is 0 Å².